The molecule has 0 aliphatic heterocycles. The van der Waals surface area contributed by atoms with Gasteiger partial charge in [0.05, 0.1) is 23.3 Å². The average molecular weight is 388 g/mol. The Morgan fingerprint density at radius 2 is 1.68 bits per heavy atom. The molecule has 4 aromatic rings. The zero-order valence-corrected chi connectivity index (χ0v) is 16.4. The van der Waals surface area contributed by atoms with Crippen LogP contribution in [0.15, 0.2) is 84.0 Å². The molecular formula is C23H20N2O2S. The van der Waals surface area contributed by atoms with E-state index in [0.717, 1.165) is 21.8 Å². The third-order valence-electron chi connectivity index (χ3n) is 4.37. The zero-order chi connectivity index (χ0) is 19.3. The second kappa shape index (κ2) is 8.31. The van der Waals surface area contributed by atoms with E-state index < -0.39 is 0 Å². The second-order valence-electron chi connectivity index (χ2n) is 6.53. The molecule has 0 saturated heterocycles. The number of imidazole rings is 1. The second-order valence-corrected chi connectivity index (χ2v) is 7.47. The highest BCUT2D eigenvalue weighted by atomic mass is 32.2. The number of thioether (sulfide) groups is 1. The number of fused-ring (bicyclic) bond motifs is 1. The number of para-hydroxylation sites is 2. The topological polar surface area (TPSA) is 44.1 Å². The van der Waals surface area contributed by atoms with Crippen molar-refractivity contribution in [2.24, 2.45) is 0 Å². The van der Waals surface area contributed by atoms with E-state index in [4.69, 9.17) is 9.72 Å². The average Bonchev–Trinajstić information content (AvgIpc) is 3.06. The summed E-state index contributed by atoms with van der Waals surface area (Å²) in [6.45, 7) is 2.70. The molecule has 0 spiro atoms. The molecule has 0 atom stereocenters. The Hall–Kier alpha value is -3.05. The van der Waals surface area contributed by atoms with Crippen molar-refractivity contribution < 1.29 is 9.53 Å². The van der Waals surface area contributed by atoms with Crippen molar-refractivity contribution in [1.82, 2.24) is 9.55 Å². The van der Waals surface area contributed by atoms with E-state index in [1.54, 1.807) is 0 Å². The summed E-state index contributed by atoms with van der Waals surface area (Å²) in [6.07, 6.45) is 0. The van der Waals surface area contributed by atoms with Crippen molar-refractivity contribution in [2.45, 2.75) is 18.6 Å². The van der Waals surface area contributed by atoms with E-state index in [9.17, 15) is 4.79 Å². The maximum atomic E-state index is 12.3. The number of carbonyl (C=O) groups is 1. The molecule has 1 heterocycles. The predicted octanol–water partition coefficient (Wildman–Crippen LogP) is 5.09. The summed E-state index contributed by atoms with van der Waals surface area (Å²) in [6, 6.07) is 25.7. The van der Waals surface area contributed by atoms with Crippen LogP contribution in [0.5, 0.6) is 5.75 Å². The lowest BCUT2D eigenvalue weighted by molar-refractivity contribution is -0.131. The van der Waals surface area contributed by atoms with E-state index in [0.29, 0.717) is 12.3 Å². The van der Waals surface area contributed by atoms with Gasteiger partial charge in [-0.2, -0.15) is 0 Å². The largest absolute Gasteiger partial charge is 0.426 e. The first-order chi connectivity index (χ1) is 13.7. The summed E-state index contributed by atoms with van der Waals surface area (Å²) in [5.41, 5.74) is 4.30. The molecule has 0 bridgehead atoms. The van der Waals surface area contributed by atoms with Gasteiger partial charge >= 0.3 is 5.97 Å². The van der Waals surface area contributed by atoms with Crippen LogP contribution >= 0.6 is 11.8 Å². The van der Waals surface area contributed by atoms with E-state index in [1.807, 2.05) is 67.6 Å². The van der Waals surface area contributed by atoms with Crippen LogP contribution < -0.4 is 4.74 Å². The summed E-state index contributed by atoms with van der Waals surface area (Å²) in [4.78, 5) is 17.0. The van der Waals surface area contributed by atoms with Crippen LogP contribution in [0.1, 0.15) is 11.1 Å². The van der Waals surface area contributed by atoms with E-state index in [2.05, 4.69) is 22.8 Å². The molecule has 4 nitrogen and oxygen atoms in total. The summed E-state index contributed by atoms with van der Waals surface area (Å²) in [5, 5.41) is 0.811. The Labute approximate surface area is 168 Å². The van der Waals surface area contributed by atoms with Gasteiger partial charge in [-0.25, -0.2) is 4.98 Å². The van der Waals surface area contributed by atoms with E-state index in [-0.39, 0.29) is 11.7 Å². The van der Waals surface area contributed by atoms with E-state index in [1.165, 1.54) is 17.3 Å². The molecule has 4 rings (SSSR count). The van der Waals surface area contributed by atoms with Gasteiger partial charge in [0.15, 0.2) is 5.16 Å². The molecular weight excluding hydrogens is 368 g/mol. The Morgan fingerprint density at radius 1 is 0.964 bits per heavy atom. The fourth-order valence-electron chi connectivity index (χ4n) is 2.97. The van der Waals surface area contributed by atoms with Crippen LogP contribution in [0.4, 0.5) is 0 Å². The summed E-state index contributed by atoms with van der Waals surface area (Å²) < 4.78 is 7.57. The monoisotopic (exact) mass is 388 g/mol. The Kier molecular flexibility index (Phi) is 5.44. The standard InChI is InChI=1S/C23H20N2O2S/c1-17-11-13-19(14-12-17)27-22(26)16-28-23-24-20-9-5-6-10-21(20)25(23)15-18-7-3-2-4-8-18/h2-14H,15-16H2,1H3. The summed E-state index contributed by atoms with van der Waals surface area (Å²) >= 11 is 1.40. The number of ether oxygens (including phenoxy) is 1. The zero-order valence-electron chi connectivity index (χ0n) is 15.5. The molecule has 5 heteroatoms. The number of hydrogen-bond acceptors (Lipinski definition) is 4. The molecule has 0 aliphatic rings. The quantitative estimate of drug-likeness (QED) is 0.262. The Morgan fingerprint density at radius 3 is 2.46 bits per heavy atom. The third-order valence-corrected chi connectivity index (χ3v) is 5.32. The Bertz CT molecular complexity index is 1090. The maximum Gasteiger partial charge on any atom is 0.321 e. The molecule has 0 unspecified atom stereocenters. The summed E-state index contributed by atoms with van der Waals surface area (Å²) in [7, 11) is 0. The molecule has 0 amide bonds. The van der Waals surface area contributed by atoms with Crippen molar-refractivity contribution in [3.8, 4) is 5.75 Å². The van der Waals surface area contributed by atoms with Crippen molar-refractivity contribution in [2.75, 3.05) is 5.75 Å². The highest BCUT2D eigenvalue weighted by molar-refractivity contribution is 7.99. The van der Waals surface area contributed by atoms with Gasteiger partial charge in [-0.15, -0.1) is 0 Å². The van der Waals surface area contributed by atoms with Crippen LogP contribution in [0.3, 0.4) is 0 Å². The minimum absolute atomic E-state index is 0.200. The lowest BCUT2D eigenvalue weighted by atomic mass is 10.2. The minimum Gasteiger partial charge on any atom is -0.426 e. The number of hydrogen-bond donors (Lipinski definition) is 0. The van der Waals surface area contributed by atoms with Gasteiger partial charge in [0, 0.05) is 0 Å². The van der Waals surface area contributed by atoms with Crippen molar-refractivity contribution >= 4 is 28.8 Å². The molecule has 0 aliphatic carbocycles. The highest BCUT2D eigenvalue weighted by Gasteiger charge is 2.14. The molecule has 1 aromatic heterocycles. The van der Waals surface area contributed by atoms with Gasteiger partial charge in [-0.05, 0) is 36.8 Å². The van der Waals surface area contributed by atoms with E-state index >= 15 is 0 Å². The molecule has 3 aromatic carbocycles. The fraction of sp³-hybridized carbons (Fsp3) is 0.130. The normalized spacial score (nSPS) is 10.9. The molecule has 28 heavy (non-hydrogen) atoms. The van der Waals surface area contributed by atoms with Crippen LogP contribution in [0.25, 0.3) is 11.0 Å². The molecule has 0 N–H and O–H groups in total. The number of rotatable bonds is 6. The number of nitrogens with zero attached hydrogens (tertiary/aromatic N) is 2. The number of carbonyl (C=O) groups excluding carboxylic acids is 1. The molecule has 0 fully saturated rings. The number of aryl methyl sites for hydroxylation is 1. The van der Waals surface area contributed by atoms with Gasteiger partial charge in [0.1, 0.15) is 5.75 Å². The lowest BCUT2D eigenvalue weighted by Gasteiger charge is -2.09. The summed E-state index contributed by atoms with van der Waals surface area (Å²) in [5.74, 6) is 0.479. The van der Waals surface area contributed by atoms with Crippen molar-refractivity contribution in [1.29, 1.82) is 0 Å². The van der Waals surface area contributed by atoms with Gasteiger partial charge in [0.25, 0.3) is 0 Å². The van der Waals surface area contributed by atoms with Crippen LogP contribution in [0, 0.1) is 6.92 Å². The number of esters is 1. The SMILES string of the molecule is Cc1ccc(OC(=O)CSc2nc3ccccc3n2Cc2ccccc2)cc1. The first-order valence-corrected chi connectivity index (χ1v) is 10.1. The Balaban J connectivity index is 1.52. The number of aromatic nitrogens is 2. The van der Waals surface area contributed by atoms with Crippen LogP contribution in [-0.4, -0.2) is 21.3 Å². The number of benzene rings is 3. The van der Waals surface area contributed by atoms with Crippen LogP contribution in [0.2, 0.25) is 0 Å². The van der Waals surface area contributed by atoms with Crippen molar-refractivity contribution in [3.63, 3.8) is 0 Å². The first-order valence-electron chi connectivity index (χ1n) is 9.08. The maximum absolute atomic E-state index is 12.3. The smallest absolute Gasteiger partial charge is 0.321 e. The fourth-order valence-corrected chi connectivity index (χ4v) is 3.76. The first kappa shape index (κ1) is 18.3. The van der Waals surface area contributed by atoms with Gasteiger partial charge < -0.3 is 9.30 Å². The van der Waals surface area contributed by atoms with Gasteiger partial charge in [-0.1, -0.05) is 71.9 Å². The van der Waals surface area contributed by atoms with Gasteiger partial charge in [0.2, 0.25) is 0 Å². The van der Waals surface area contributed by atoms with Crippen LogP contribution in [-0.2, 0) is 11.3 Å². The lowest BCUT2D eigenvalue weighted by Crippen LogP contribution is -2.11. The molecule has 0 saturated carbocycles. The third kappa shape index (κ3) is 4.26. The molecule has 0 radical (unpaired) electrons. The predicted molar refractivity (Wildman–Crippen MR) is 113 cm³/mol. The minimum atomic E-state index is -0.285. The van der Waals surface area contributed by atoms with Crippen molar-refractivity contribution in [3.05, 3.63) is 90.0 Å². The van der Waals surface area contributed by atoms with Gasteiger partial charge in [-0.3, -0.25) is 4.79 Å². The highest BCUT2D eigenvalue weighted by Crippen LogP contribution is 2.25. The molecule has 140 valence electrons.